The van der Waals surface area contributed by atoms with Gasteiger partial charge < -0.3 is 9.30 Å². The van der Waals surface area contributed by atoms with E-state index < -0.39 is 16.8 Å². The van der Waals surface area contributed by atoms with Gasteiger partial charge in [-0.25, -0.2) is 0 Å². The van der Waals surface area contributed by atoms with E-state index in [0.717, 1.165) is 29.5 Å². The average Bonchev–Trinajstić information content (AvgIpc) is 3.08. The molecule has 0 aliphatic heterocycles. The molecular formula is C21H21N3O5S. The van der Waals surface area contributed by atoms with Crippen molar-refractivity contribution in [2.24, 2.45) is 4.99 Å². The molecule has 0 atom stereocenters. The minimum Gasteiger partial charge on any atom is -0.468 e. The highest BCUT2D eigenvalue weighted by molar-refractivity contribution is 7.16. The molecule has 0 aliphatic rings. The molecule has 8 nitrogen and oxygen atoms in total. The van der Waals surface area contributed by atoms with Gasteiger partial charge in [0.25, 0.3) is 11.6 Å². The molecule has 0 bridgehead atoms. The lowest BCUT2D eigenvalue weighted by molar-refractivity contribution is -0.384. The second-order valence-corrected chi connectivity index (χ2v) is 7.68. The summed E-state index contributed by atoms with van der Waals surface area (Å²) in [5.41, 5.74) is 2.10. The predicted octanol–water partition coefficient (Wildman–Crippen LogP) is 3.87. The number of nitro groups is 1. The number of non-ortho nitro benzene ring substituents is 1. The zero-order chi connectivity index (χ0) is 21.7. The molecule has 156 valence electrons. The Labute approximate surface area is 176 Å². The van der Waals surface area contributed by atoms with E-state index in [2.05, 4.69) is 18.0 Å². The monoisotopic (exact) mass is 427 g/mol. The summed E-state index contributed by atoms with van der Waals surface area (Å²) in [6.07, 6.45) is 3.12. The van der Waals surface area contributed by atoms with Crippen molar-refractivity contribution < 1.29 is 19.2 Å². The van der Waals surface area contributed by atoms with Crippen molar-refractivity contribution in [1.29, 1.82) is 0 Å². The van der Waals surface area contributed by atoms with Gasteiger partial charge in [-0.15, -0.1) is 0 Å². The molecule has 1 heterocycles. The van der Waals surface area contributed by atoms with E-state index in [9.17, 15) is 19.7 Å². The van der Waals surface area contributed by atoms with E-state index in [1.165, 1.54) is 48.3 Å². The maximum absolute atomic E-state index is 12.6. The normalized spacial score (nSPS) is 11.6. The SMILES string of the molecule is CCCCc1ccc2c(c1)sc(=NC(=O)c1ccc([N+](=O)[O-])cc1)n2CC(=O)OC. The summed E-state index contributed by atoms with van der Waals surface area (Å²) in [6, 6.07) is 11.2. The van der Waals surface area contributed by atoms with Gasteiger partial charge in [-0.1, -0.05) is 30.7 Å². The van der Waals surface area contributed by atoms with E-state index in [4.69, 9.17) is 4.74 Å². The summed E-state index contributed by atoms with van der Waals surface area (Å²) in [4.78, 5) is 39.4. The first-order valence-electron chi connectivity index (χ1n) is 9.45. The highest BCUT2D eigenvalue weighted by atomic mass is 32.1. The Morgan fingerprint density at radius 2 is 1.93 bits per heavy atom. The Balaban J connectivity index is 2.04. The molecule has 1 amide bonds. The van der Waals surface area contributed by atoms with E-state index in [0.29, 0.717) is 4.80 Å². The molecule has 0 radical (unpaired) electrons. The summed E-state index contributed by atoms with van der Waals surface area (Å²) < 4.78 is 7.35. The molecule has 0 fully saturated rings. The average molecular weight is 427 g/mol. The number of ether oxygens (including phenoxy) is 1. The number of benzene rings is 2. The van der Waals surface area contributed by atoms with Gasteiger partial charge in [0.05, 0.1) is 22.2 Å². The number of aryl methyl sites for hydroxylation is 1. The number of amides is 1. The van der Waals surface area contributed by atoms with E-state index >= 15 is 0 Å². The highest BCUT2D eigenvalue weighted by Crippen LogP contribution is 2.21. The third-order valence-corrected chi connectivity index (χ3v) is 5.64. The van der Waals surface area contributed by atoms with E-state index in [1.54, 1.807) is 4.57 Å². The fourth-order valence-electron chi connectivity index (χ4n) is 2.96. The molecule has 0 saturated heterocycles. The highest BCUT2D eigenvalue weighted by Gasteiger charge is 2.14. The van der Waals surface area contributed by atoms with Crippen LogP contribution in [-0.2, 0) is 22.5 Å². The van der Waals surface area contributed by atoms with Gasteiger partial charge in [-0.2, -0.15) is 4.99 Å². The fourth-order valence-corrected chi connectivity index (χ4v) is 4.05. The van der Waals surface area contributed by atoms with Gasteiger partial charge in [-0.3, -0.25) is 19.7 Å². The Bertz CT molecular complexity index is 1160. The molecule has 0 aliphatic carbocycles. The van der Waals surface area contributed by atoms with Crippen LogP contribution in [0.4, 0.5) is 5.69 Å². The number of nitro benzene ring substituents is 1. The maximum Gasteiger partial charge on any atom is 0.325 e. The minimum absolute atomic E-state index is 0.0722. The molecule has 1 aromatic heterocycles. The lowest BCUT2D eigenvalue weighted by atomic mass is 10.1. The second kappa shape index (κ2) is 9.45. The first-order valence-corrected chi connectivity index (χ1v) is 10.3. The molecular weight excluding hydrogens is 406 g/mol. The van der Waals surface area contributed by atoms with Crippen molar-refractivity contribution in [2.75, 3.05) is 7.11 Å². The zero-order valence-corrected chi connectivity index (χ0v) is 17.5. The molecule has 0 spiro atoms. The molecule has 30 heavy (non-hydrogen) atoms. The summed E-state index contributed by atoms with van der Waals surface area (Å²) in [6.45, 7) is 2.06. The van der Waals surface area contributed by atoms with Gasteiger partial charge in [0.2, 0.25) is 0 Å². The lowest BCUT2D eigenvalue weighted by Crippen LogP contribution is -2.22. The molecule has 0 unspecified atom stereocenters. The van der Waals surface area contributed by atoms with Crippen LogP contribution in [0.1, 0.15) is 35.7 Å². The third-order valence-electron chi connectivity index (χ3n) is 4.60. The molecule has 0 saturated carbocycles. The number of unbranched alkanes of at least 4 members (excludes halogenated alkanes) is 1. The third kappa shape index (κ3) is 4.80. The number of aromatic nitrogens is 1. The van der Waals surface area contributed by atoms with E-state index in [1.807, 2.05) is 12.1 Å². The maximum atomic E-state index is 12.6. The minimum atomic E-state index is -0.540. The summed E-state index contributed by atoms with van der Waals surface area (Å²) in [5.74, 6) is -0.990. The number of nitrogens with zero attached hydrogens (tertiary/aromatic N) is 3. The predicted molar refractivity (Wildman–Crippen MR) is 113 cm³/mol. The van der Waals surface area contributed by atoms with Gasteiger partial charge in [0, 0.05) is 17.7 Å². The summed E-state index contributed by atoms with van der Waals surface area (Å²) in [5, 5.41) is 10.8. The number of carbonyl (C=O) groups excluding carboxylic acids is 2. The number of hydrogen-bond donors (Lipinski definition) is 0. The standard InChI is InChI=1S/C21H21N3O5S/c1-3-4-5-14-6-11-17-18(12-14)30-21(23(17)13-19(25)29-2)22-20(26)15-7-9-16(10-8-15)24(27)28/h6-12H,3-5,13H2,1-2H3. The van der Waals surface area contributed by atoms with Crippen molar-refractivity contribution in [2.45, 2.75) is 32.7 Å². The van der Waals surface area contributed by atoms with Gasteiger partial charge in [0.1, 0.15) is 6.54 Å². The zero-order valence-electron chi connectivity index (χ0n) is 16.7. The summed E-state index contributed by atoms with van der Waals surface area (Å²) >= 11 is 1.31. The van der Waals surface area contributed by atoms with Gasteiger partial charge in [-0.05, 0) is 42.7 Å². The van der Waals surface area contributed by atoms with Crippen molar-refractivity contribution in [3.05, 3.63) is 68.5 Å². The fraction of sp³-hybridized carbons (Fsp3) is 0.286. The van der Waals surface area contributed by atoms with Gasteiger partial charge in [0.15, 0.2) is 4.80 Å². The van der Waals surface area contributed by atoms with Gasteiger partial charge >= 0.3 is 5.97 Å². The van der Waals surface area contributed by atoms with Crippen molar-refractivity contribution in [1.82, 2.24) is 4.57 Å². The van der Waals surface area contributed by atoms with Crippen LogP contribution < -0.4 is 4.80 Å². The first-order chi connectivity index (χ1) is 14.4. The van der Waals surface area contributed by atoms with Crippen LogP contribution >= 0.6 is 11.3 Å². The number of fused-ring (bicyclic) bond motifs is 1. The molecule has 9 heteroatoms. The lowest BCUT2D eigenvalue weighted by Gasteiger charge is -2.05. The largest absolute Gasteiger partial charge is 0.468 e. The van der Waals surface area contributed by atoms with Crippen molar-refractivity contribution in [3.63, 3.8) is 0 Å². The first kappa shape index (κ1) is 21.4. The quantitative estimate of drug-likeness (QED) is 0.323. The Morgan fingerprint density at radius 1 is 1.20 bits per heavy atom. The number of carbonyl (C=O) groups is 2. The topological polar surface area (TPSA) is 104 Å². The smallest absolute Gasteiger partial charge is 0.325 e. The number of esters is 1. The van der Waals surface area contributed by atoms with Crippen LogP contribution in [0.2, 0.25) is 0 Å². The number of rotatable bonds is 7. The Hall–Kier alpha value is -3.33. The van der Waals surface area contributed by atoms with Crippen molar-refractivity contribution in [3.8, 4) is 0 Å². The van der Waals surface area contributed by atoms with E-state index in [-0.39, 0.29) is 17.8 Å². The molecule has 2 aromatic carbocycles. The number of methoxy groups -OCH3 is 1. The van der Waals surface area contributed by atoms with Crippen LogP contribution in [0.3, 0.4) is 0 Å². The number of thiazole rings is 1. The summed E-state index contributed by atoms with van der Waals surface area (Å²) in [7, 11) is 1.30. The second-order valence-electron chi connectivity index (χ2n) is 6.67. The van der Waals surface area contributed by atoms with Crippen LogP contribution in [0, 0.1) is 10.1 Å². The van der Waals surface area contributed by atoms with Crippen LogP contribution in [0.25, 0.3) is 10.2 Å². The molecule has 3 rings (SSSR count). The van der Waals surface area contributed by atoms with Crippen molar-refractivity contribution >= 4 is 39.1 Å². The Morgan fingerprint density at radius 3 is 2.57 bits per heavy atom. The molecule has 3 aromatic rings. The van der Waals surface area contributed by atoms with Crippen LogP contribution in [0.5, 0.6) is 0 Å². The van der Waals surface area contributed by atoms with Crippen LogP contribution in [0.15, 0.2) is 47.5 Å². The number of hydrogen-bond acceptors (Lipinski definition) is 6. The molecule has 0 N–H and O–H groups in total. The Kier molecular flexibility index (Phi) is 6.73. The van der Waals surface area contributed by atoms with Crippen LogP contribution in [-0.4, -0.2) is 28.5 Å².